The van der Waals surface area contributed by atoms with E-state index in [2.05, 4.69) is 14.9 Å². The van der Waals surface area contributed by atoms with Crippen LogP contribution < -0.4 is 4.72 Å². The van der Waals surface area contributed by atoms with E-state index in [0.717, 1.165) is 32.1 Å². The second-order valence-corrected chi connectivity index (χ2v) is 9.08. The third-order valence-corrected chi connectivity index (χ3v) is 6.37. The zero-order valence-corrected chi connectivity index (χ0v) is 14.8. The van der Waals surface area contributed by atoms with E-state index in [0.29, 0.717) is 11.7 Å². The molecule has 3 rings (SSSR count). The maximum absolute atomic E-state index is 12.5. The van der Waals surface area contributed by atoms with Crippen LogP contribution in [0, 0.1) is 6.92 Å². The molecule has 0 aromatic carbocycles. The largest absolute Gasteiger partial charge is 0.371 e. The normalized spacial score (nSPS) is 24.6. The first kappa shape index (κ1) is 16.9. The van der Waals surface area contributed by atoms with E-state index < -0.39 is 15.6 Å². The summed E-state index contributed by atoms with van der Waals surface area (Å²) in [6.07, 6.45) is 5.96. The van der Waals surface area contributed by atoms with E-state index in [-0.39, 0.29) is 17.5 Å². The summed E-state index contributed by atoms with van der Waals surface area (Å²) in [5, 5.41) is 3.82. The first-order valence-electron chi connectivity index (χ1n) is 8.20. The Morgan fingerprint density at radius 2 is 2.00 bits per heavy atom. The lowest BCUT2D eigenvalue weighted by Gasteiger charge is -2.47. The Balaban J connectivity index is 1.64. The minimum Gasteiger partial charge on any atom is -0.371 e. The van der Waals surface area contributed by atoms with E-state index in [9.17, 15) is 8.42 Å². The van der Waals surface area contributed by atoms with Crippen molar-refractivity contribution >= 4 is 10.0 Å². The maximum Gasteiger partial charge on any atom is 0.223 e. The van der Waals surface area contributed by atoms with Crippen LogP contribution in [0.15, 0.2) is 4.52 Å². The molecule has 1 unspecified atom stereocenters. The van der Waals surface area contributed by atoms with Gasteiger partial charge in [0.1, 0.15) is 0 Å². The van der Waals surface area contributed by atoms with Crippen molar-refractivity contribution in [1.82, 2.24) is 14.9 Å². The van der Waals surface area contributed by atoms with Gasteiger partial charge in [0, 0.05) is 6.92 Å². The first-order chi connectivity index (χ1) is 10.7. The molecule has 0 radical (unpaired) electrons. The molecule has 8 heteroatoms. The lowest BCUT2D eigenvalue weighted by atomic mass is 9.74. The van der Waals surface area contributed by atoms with Crippen LogP contribution in [0.25, 0.3) is 0 Å². The van der Waals surface area contributed by atoms with Crippen LogP contribution in [-0.2, 0) is 20.3 Å². The number of sulfonamides is 1. The lowest BCUT2D eigenvalue weighted by Crippen LogP contribution is -2.50. The van der Waals surface area contributed by atoms with Gasteiger partial charge in [-0.15, -0.1) is 0 Å². The molecule has 1 aliphatic carbocycles. The molecule has 0 bridgehead atoms. The van der Waals surface area contributed by atoms with Gasteiger partial charge in [0.25, 0.3) is 0 Å². The van der Waals surface area contributed by atoms with Gasteiger partial charge in [0.2, 0.25) is 15.9 Å². The Bertz CT molecular complexity index is 664. The highest BCUT2D eigenvalue weighted by molar-refractivity contribution is 7.89. The highest BCUT2D eigenvalue weighted by Gasteiger charge is 2.43. The van der Waals surface area contributed by atoms with Gasteiger partial charge in [-0.3, -0.25) is 0 Å². The Morgan fingerprint density at radius 3 is 2.57 bits per heavy atom. The van der Waals surface area contributed by atoms with E-state index >= 15 is 0 Å². The number of rotatable bonds is 5. The monoisotopic (exact) mass is 343 g/mol. The molecule has 1 N–H and O–H groups in total. The molecule has 130 valence electrons. The number of hydrogen-bond acceptors (Lipinski definition) is 6. The summed E-state index contributed by atoms with van der Waals surface area (Å²) in [5.74, 6) is 0.725. The van der Waals surface area contributed by atoms with Crippen LogP contribution in [0.3, 0.4) is 0 Å². The molecule has 1 aliphatic heterocycles. The van der Waals surface area contributed by atoms with Gasteiger partial charge < -0.3 is 9.26 Å². The van der Waals surface area contributed by atoms with Crippen LogP contribution in [0.2, 0.25) is 0 Å². The average Bonchev–Trinajstić information content (AvgIpc) is 2.83. The summed E-state index contributed by atoms with van der Waals surface area (Å²) in [4.78, 5) is 4.12. The molecule has 1 aromatic rings. The number of nitrogens with one attached hydrogen (secondary N) is 1. The summed E-state index contributed by atoms with van der Waals surface area (Å²) in [6.45, 7) is 5.13. The Labute approximate surface area is 137 Å². The summed E-state index contributed by atoms with van der Waals surface area (Å²) in [7, 11) is -3.51. The number of hydrogen-bond donors (Lipinski definition) is 1. The van der Waals surface area contributed by atoms with E-state index in [1.54, 1.807) is 20.8 Å². The highest BCUT2D eigenvalue weighted by Crippen LogP contribution is 2.44. The second kappa shape index (κ2) is 5.82. The van der Waals surface area contributed by atoms with Gasteiger partial charge in [-0.1, -0.05) is 5.16 Å². The molecular weight excluding hydrogens is 318 g/mol. The molecule has 23 heavy (non-hydrogen) atoms. The molecule has 7 nitrogen and oxygen atoms in total. The van der Waals surface area contributed by atoms with Crippen LogP contribution in [0.4, 0.5) is 0 Å². The van der Waals surface area contributed by atoms with E-state index in [1.165, 1.54) is 6.42 Å². The molecule has 0 amide bonds. The second-order valence-electron chi connectivity index (χ2n) is 7.31. The smallest absolute Gasteiger partial charge is 0.223 e. The SMILES string of the molecule is Cc1nc(C(C)(C)NS(=O)(=O)CC2CCCC3(CCC3)O2)no1. The molecule has 2 heterocycles. The van der Waals surface area contributed by atoms with Crippen LogP contribution >= 0.6 is 0 Å². The standard InChI is InChI=1S/C15H25N3O4S/c1-11-16-13(17-22-11)14(2,3)18-23(19,20)10-12-6-4-7-15(21-12)8-5-9-15/h12,18H,4-10H2,1-3H3. The van der Waals surface area contributed by atoms with Gasteiger partial charge in [0.15, 0.2) is 5.82 Å². The predicted octanol–water partition coefficient (Wildman–Crippen LogP) is 2.02. The van der Waals surface area contributed by atoms with Crippen molar-refractivity contribution in [3.63, 3.8) is 0 Å². The molecule has 1 spiro atoms. The topological polar surface area (TPSA) is 94.3 Å². The molecule has 2 fully saturated rings. The average molecular weight is 343 g/mol. The molecule has 1 saturated carbocycles. The van der Waals surface area contributed by atoms with Crippen LogP contribution in [-0.4, -0.2) is 36.0 Å². The third-order valence-electron chi connectivity index (χ3n) is 4.74. The molecule has 1 saturated heterocycles. The lowest BCUT2D eigenvalue weighted by molar-refractivity contribution is -0.161. The van der Waals surface area contributed by atoms with Crippen molar-refractivity contribution in [2.75, 3.05) is 5.75 Å². The maximum atomic E-state index is 12.5. The third kappa shape index (κ3) is 3.75. The van der Waals surface area contributed by atoms with Crippen molar-refractivity contribution < 1.29 is 17.7 Å². The van der Waals surface area contributed by atoms with Gasteiger partial charge >= 0.3 is 0 Å². The molecule has 1 aromatic heterocycles. The van der Waals surface area contributed by atoms with Crippen molar-refractivity contribution in [3.05, 3.63) is 11.7 Å². The number of ether oxygens (including phenoxy) is 1. The zero-order valence-electron chi connectivity index (χ0n) is 14.0. The van der Waals surface area contributed by atoms with Crippen molar-refractivity contribution in [2.45, 2.75) is 76.5 Å². The quantitative estimate of drug-likeness (QED) is 0.879. The summed E-state index contributed by atoms with van der Waals surface area (Å²) >= 11 is 0. The van der Waals surface area contributed by atoms with Crippen molar-refractivity contribution in [1.29, 1.82) is 0 Å². The van der Waals surface area contributed by atoms with Crippen LogP contribution in [0.5, 0.6) is 0 Å². The Morgan fingerprint density at radius 1 is 1.30 bits per heavy atom. The summed E-state index contributed by atoms with van der Waals surface area (Å²) < 4.78 is 38.8. The Hall–Kier alpha value is -0.990. The van der Waals surface area contributed by atoms with Gasteiger partial charge in [-0.25, -0.2) is 13.1 Å². The number of nitrogens with zero attached hydrogens (tertiary/aromatic N) is 2. The first-order valence-corrected chi connectivity index (χ1v) is 9.85. The fraction of sp³-hybridized carbons (Fsp3) is 0.867. The van der Waals surface area contributed by atoms with Crippen molar-refractivity contribution in [3.8, 4) is 0 Å². The minimum absolute atomic E-state index is 0.0188. The highest BCUT2D eigenvalue weighted by atomic mass is 32.2. The minimum atomic E-state index is -3.51. The summed E-state index contributed by atoms with van der Waals surface area (Å²) in [6, 6.07) is 0. The summed E-state index contributed by atoms with van der Waals surface area (Å²) in [5.41, 5.74) is -0.960. The zero-order chi connectivity index (χ0) is 16.7. The fourth-order valence-corrected chi connectivity index (χ4v) is 5.13. The van der Waals surface area contributed by atoms with E-state index in [4.69, 9.17) is 9.26 Å². The van der Waals surface area contributed by atoms with Gasteiger partial charge in [-0.05, 0) is 52.4 Å². The molecule has 1 atom stereocenters. The predicted molar refractivity (Wildman–Crippen MR) is 84.3 cm³/mol. The van der Waals surface area contributed by atoms with Gasteiger partial charge in [0.05, 0.1) is 23.0 Å². The number of aromatic nitrogens is 2. The molecule has 2 aliphatic rings. The van der Waals surface area contributed by atoms with Gasteiger partial charge in [-0.2, -0.15) is 4.98 Å². The number of aryl methyl sites for hydroxylation is 1. The fourth-order valence-electron chi connectivity index (χ4n) is 3.45. The molecular formula is C15H25N3O4S. The van der Waals surface area contributed by atoms with Crippen LogP contribution in [0.1, 0.15) is 64.1 Å². The van der Waals surface area contributed by atoms with Crippen molar-refractivity contribution in [2.24, 2.45) is 0 Å². The van der Waals surface area contributed by atoms with E-state index in [1.807, 2.05) is 0 Å². The Kier molecular flexibility index (Phi) is 4.27.